The summed E-state index contributed by atoms with van der Waals surface area (Å²) in [6.07, 6.45) is -0.000324. The SMILES string of the molecule is COC(=O)[C@@](C)(N)CCF. The zero-order valence-corrected chi connectivity index (χ0v) is 6.19. The zero-order chi connectivity index (χ0) is 8.20. The van der Waals surface area contributed by atoms with Crippen LogP contribution >= 0.6 is 0 Å². The Kier molecular flexibility index (Phi) is 3.28. The molecule has 0 aromatic carbocycles. The molecule has 60 valence electrons. The lowest BCUT2D eigenvalue weighted by molar-refractivity contribution is -0.146. The normalized spacial score (nSPS) is 16.0. The first-order chi connectivity index (χ1) is 4.54. The van der Waals surface area contributed by atoms with Crippen LogP contribution in [0.15, 0.2) is 0 Å². The number of hydrogen-bond acceptors (Lipinski definition) is 3. The van der Waals surface area contributed by atoms with Gasteiger partial charge in [0.15, 0.2) is 0 Å². The van der Waals surface area contributed by atoms with Crippen LogP contribution in [0.25, 0.3) is 0 Å². The number of nitrogens with two attached hydrogens (primary N) is 1. The van der Waals surface area contributed by atoms with Crippen molar-refractivity contribution in [2.45, 2.75) is 18.9 Å². The van der Waals surface area contributed by atoms with Crippen LogP contribution in [0.1, 0.15) is 13.3 Å². The quantitative estimate of drug-likeness (QED) is 0.584. The third kappa shape index (κ3) is 2.31. The maximum atomic E-state index is 11.7. The molecule has 0 aliphatic heterocycles. The number of rotatable bonds is 3. The van der Waals surface area contributed by atoms with E-state index in [4.69, 9.17) is 5.73 Å². The van der Waals surface area contributed by atoms with Crippen molar-refractivity contribution in [1.29, 1.82) is 0 Å². The van der Waals surface area contributed by atoms with Gasteiger partial charge < -0.3 is 10.5 Å². The lowest BCUT2D eigenvalue weighted by Gasteiger charge is -2.18. The number of carbonyl (C=O) groups excluding carboxylic acids is 1. The Morgan fingerprint density at radius 1 is 1.80 bits per heavy atom. The minimum Gasteiger partial charge on any atom is -0.468 e. The van der Waals surface area contributed by atoms with Crippen LogP contribution in [0.5, 0.6) is 0 Å². The van der Waals surface area contributed by atoms with Crippen LogP contribution in [-0.4, -0.2) is 25.3 Å². The van der Waals surface area contributed by atoms with E-state index in [1.165, 1.54) is 14.0 Å². The van der Waals surface area contributed by atoms with Gasteiger partial charge >= 0.3 is 5.97 Å². The molecule has 0 amide bonds. The molecule has 0 aromatic heterocycles. The fourth-order valence-electron chi connectivity index (χ4n) is 0.532. The number of ether oxygens (including phenoxy) is 1. The topological polar surface area (TPSA) is 52.3 Å². The molecular formula is C6H12FNO2. The lowest BCUT2D eigenvalue weighted by Crippen LogP contribution is -2.46. The van der Waals surface area contributed by atoms with Crippen molar-refractivity contribution in [2.24, 2.45) is 5.73 Å². The first-order valence-corrected chi connectivity index (χ1v) is 2.98. The van der Waals surface area contributed by atoms with Gasteiger partial charge in [-0.15, -0.1) is 0 Å². The summed E-state index contributed by atoms with van der Waals surface area (Å²) in [5.41, 5.74) is 4.19. The Balaban J connectivity index is 3.96. The third-order valence-corrected chi connectivity index (χ3v) is 1.27. The highest BCUT2D eigenvalue weighted by Crippen LogP contribution is 2.07. The maximum absolute atomic E-state index is 11.7. The van der Waals surface area contributed by atoms with Gasteiger partial charge in [-0.05, 0) is 6.92 Å². The Morgan fingerprint density at radius 3 is 2.60 bits per heavy atom. The van der Waals surface area contributed by atoms with E-state index in [1.807, 2.05) is 0 Å². The molecule has 0 rings (SSSR count). The van der Waals surface area contributed by atoms with E-state index in [-0.39, 0.29) is 6.42 Å². The molecule has 2 N–H and O–H groups in total. The summed E-state index contributed by atoms with van der Waals surface area (Å²) in [5.74, 6) is -0.579. The minimum absolute atomic E-state index is 0.000324. The molecule has 0 aliphatic rings. The molecular weight excluding hydrogens is 137 g/mol. The van der Waals surface area contributed by atoms with Crippen LogP contribution in [-0.2, 0) is 9.53 Å². The first-order valence-electron chi connectivity index (χ1n) is 2.98. The lowest BCUT2D eigenvalue weighted by atomic mass is 10.0. The summed E-state index contributed by atoms with van der Waals surface area (Å²) in [4.78, 5) is 10.7. The molecule has 0 spiro atoms. The van der Waals surface area contributed by atoms with E-state index in [1.54, 1.807) is 0 Å². The molecule has 0 saturated carbocycles. The Hall–Kier alpha value is -0.640. The summed E-state index contributed by atoms with van der Waals surface area (Å²) >= 11 is 0. The minimum atomic E-state index is -1.18. The van der Waals surface area contributed by atoms with Crippen molar-refractivity contribution >= 4 is 5.97 Å². The largest absolute Gasteiger partial charge is 0.468 e. The second-order valence-electron chi connectivity index (χ2n) is 2.35. The number of alkyl halides is 1. The second-order valence-corrected chi connectivity index (χ2v) is 2.35. The highest BCUT2D eigenvalue weighted by molar-refractivity contribution is 5.79. The molecule has 0 aromatic rings. The van der Waals surface area contributed by atoms with Crippen LogP contribution in [0.4, 0.5) is 4.39 Å². The number of halogens is 1. The van der Waals surface area contributed by atoms with Crippen molar-refractivity contribution in [1.82, 2.24) is 0 Å². The van der Waals surface area contributed by atoms with Crippen molar-refractivity contribution in [3.63, 3.8) is 0 Å². The molecule has 0 saturated heterocycles. The number of hydrogen-bond donors (Lipinski definition) is 1. The van der Waals surface area contributed by atoms with Crippen LogP contribution in [0, 0.1) is 0 Å². The molecule has 0 unspecified atom stereocenters. The third-order valence-electron chi connectivity index (χ3n) is 1.27. The number of carbonyl (C=O) groups is 1. The number of methoxy groups -OCH3 is 1. The van der Waals surface area contributed by atoms with Gasteiger partial charge in [0.25, 0.3) is 0 Å². The van der Waals surface area contributed by atoms with E-state index in [9.17, 15) is 9.18 Å². The van der Waals surface area contributed by atoms with E-state index in [0.29, 0.717) is 0 Å². The summed E-state index contributed by atoms with van der Waals surface area (Å²) in [6, 6.07) is 0. The fraction of sp³-hybridized carbons (Fsp3) is 0.833. The first kappa shape index (κ1) is 9.36. The van der Waals surface area contributed by atoms with Crippen LogP contribution in [0.3, 0.4) is 0 Å². The standard InChI is InChI=1S/C6H12FNO2/c1-6(8,3-4-7)5(9)10-2/h3-4,8H2,1-2H3/t6-/m0/s1. The molecule has 10 heavy (non-hydrogen) atoms. The monoisotopic (exact) mass is 149 g/mol. The Bertz CT molecular complexity index is 125. The average molecular weight is 149 g/mol. The average Bonchev–Trinajstić information content (AvgIpc) is 1.86. The van der Waals surface area contributed by atoms with Gasteiger partial charge in [0.1, 0.15) is 5.54 Å². The maximum Gasteiger partial charge on any atom is 0.325 e. The molecule has 1 atom stereocenters. The summed E-state index contributed by atoms with van der Waals surface area (Å²) < 4.78 is 16.0. The van der Waals surface area contributed by atoms with Gasteiger partial charge in [-0.3, -0.25) is 9.18 Å². The molecule has 0 radical (unpaired) electrons. The predicted octanol–water partition coefficient (Wildman–Crippen LogP) is 0.236. The molecule has 3 nitrogen and oxygen atoms in total. The fourth-order valence-corrected chi connectivity index (χ4v) is 0.532. The van der Waals surface area contributed by atoms with Gasteiger partial charge in [0.05, 0.1) is 13.8 Å². The molecule has 0 heterocycles. The van der Waals surface area contributed by atoms with E-state index < -0.39 is 18.2 Å². The molecule has 4 heteroatoms. The van der Waals surface area contributed by atoms with Gasteiger partial charge in [-0.25, -0.2) is 0 Å². The highest BCUT2D eigenvalue weighted by Gasteiger charge is 2.28. The zero-order valence-electron chi connectivity index (χ0n) is 6.19. The van der Waals surface area contributed by atoms with Gasteiger partial charge in [0.2, 0.25) is 0 Å². The van der Waals surface area contributed by atoms with Gasteiger partial charge in [-0.2, -0.15) is 0 Å². The summed E-state index contributed by atoms with van der Waals surface area (Å²) in [6.45, 7) is 0.834. The molecule has 0 bridgehead atoms. The van der Waals surface area contributed by atoms with Crippen LogP contribution < -0.4 is 5.73 Å². The molecule has 0 aliphatic carbocycles. The van der Waals surface area contributed by atoms with E-state index >= 15 is 0 Å². The smallest absolute Gasteiger partial charge is 0.325 e. The second kappa shape index (κ2) is 3.51. The molecule has 0 fully saturated rings. The van der Waals surface area contributed by atoms with E-state index in [0.717, 1.165) is 0 Å². The van der Waals surface area contributed by atoms with Crippen molar-refractivity contribution in [3.8, 4) is 0 Å². The van der Waals surface area contributed by atoms with Crippen molar-refractivity contribution in [3.05, 3.63) is 0 Å². The summed E-state index contributed by atoms with van der Waals surface area (Å²) in [5, 5.41) is 0. The highest BCUT2D eigenvalue weighted by atomic mass is 19.1. The Morgan fingerprint density at radius 2 is 2.30 bits per heavy atom. The number of esters is 1. The van der Waals surface area contributed by atoms with Crippen molar-refractivity contribution < 1.29 is 13.9 Å². The van der Waals surface area contributed by atoms with Gasteiger partial charge in [0, 0.05) is 6.42 Å². The van der Waals surface area contributed by atoms with Gasteiger partial charge in [-0.1, -0.05) is 0 Å². The van der Waals surface area contributed by atoms with Crippen LogP contribution in [0.2, 0.25) is 0 Å². The Labute approximate surface area is 59.3 Å². The predicted molar refractivity (Wildman–Crippen MR) is 35.2 cm³/mol. The van der Waals surface area contributed by atoms with E-state index in [2.05, 4.69) is 4.74 Å². The summed E-state index contributed by atoms with van der Waals surface area (Å²) in [7, 11) is 1.23. The van der Waals surface area contributed by atoms with Crippen molar-refractivity contribution in [2.75, 3.05) is 13.8 Å².